The van der Waals surface area contributed by atoms with Gasteiger partial charge < -0.3 is 16.0 Å². The molecule has 2 aromatic rings. The molecule has 29 heavy (non-hydrogen) atoms. The second kappa shape index (κ2) is 8.53. The van der Waals surface area contributed by atoms with Gasteiger partial charge in [0.25, 0.3) is 5.91 Å². The molecule has 4 rings (SSSR count). The van der Waals surface area contributed by atoms with Crippen molar-refractivity contribution in [3.05, 3.63) is 35.9 Å². The molecule has 0 bridgehead atoms. The molecule has 2 fully saturated rings. The summed E-state index contributed by atoms with van der Waals surface area (Å²) < 4.78 is 0. The van der Waals surface area contributed by atoms with Crippen LogP contribution in [-0.4, -0.2) is 53.1 Å². The molecule has 1 radical (unpaired) electrons. The third-order valence-corrected chi connectivity index (χ3v) is 6.66. The number of piperidine rings is 2. The fourth-order valence-electron chi connectivity index (χ4n) is 4.86. The highest BCUT2D eigenvalue weighted by Gasteiger charge is 2.30. The highest BCUT2D eigenvalue weighted by Crippen LogP contribution is 2.32. The van der Waals surface area contributed by atoms with Gasteiger partial charge >= 0.3 is 0 Å². The van der Waals surface area contributed by atoms with E-state index in [2.05, 4.69) is 15.5 Å². The molecule has 2 amide bonds. The van der Waals surface area contributed by atoms with E-state index in [0.717, 1.165) is 61.8 Å². The lowest BCUT2D eigenvalue weighted by Gasteiger charge is -2.38. The summed E-state index contributed by atoms with van der Waals surface area (Å²) in [6.07, 6.45) is 8.17. The van der Waals surface area contributed by atoms with E-state index < -0.39 is 5.91 Å². The topological polar surface area (TPSA) is 104 Å². The van der Waals surface area contributed by atoms with Gasteiger partial charge in [0.2, 0.25) is 5.91 Å². The van der Waals surface area contributed by atoms with Gasteiger partial charge in [0.1, 0.15) is 0 Å². The van der Waals surface area contributed by atoms with Crippen LogP contribution in [0.2, 0.25) is 0 Å². The normalized spacial score (nSPS) is 20.1. The van der Waals surface area contributed by atoms with Crippen molar-refractivity contribution in [1.82, 2.24) is 20.4 Å². The minimum absolute atomic E-state index is 0.0779. The molecular weight excluding hydrogens is 366 g/mol. The number of rotatable bonds is 5. The monoisotopic (exact) mass is 396 g/mol. The van der Waals surface area contributed by atoms with Gasteiger partial charge in [0.05, 0.1) is 23.7 Å². The minimum atomic E-state index is -0.500. The van der Waals surface area contributed by atoms with Gasteiger partial charge in [-0.2, -0.15) is 5.10 Å². The van der Waals surface area contributed by atoms with Crippen molar-refractivity contribution < 1.29 is 9.59 Å². The van der Waals surface area contributed by atoms with E-state index in [4.69, 9.17) is 5.73 Å². The Labute approximate surface area is 171 Å². The lowest BCUT2D eigenvalue weighted by atomic mass is 9.79. The van der Waals surface area contributed by atoms with Crippen molar-refractivity contribution in [2.45, 2.75) is 38.5 Å². The van der Waals surface area contributed by atoms with Crippen LogP contribution < -0.4 is 11.1 Å². The molecule has 1 aromatic carbocycles. The number of aromatic amines is 1. The van der Waals surface area contributed by atoms with Crippen LogP contribution >= 0.6 is 0 Å². The van der Waals surface area contributed by atoms with Crippen LogP contribution in [0.3, 0.4) is 0 Å². The number of fused-ring (bicyclic) bond motifs is 1. The van der Waals surface area contributed by atoms with Crippen LogP contribution in [0.5, 0.6) is 0 Å². The Hall–Kier alpha value is -2.41. The fraction of sp³-hybridized carbons (Fsp3) is 0.545. The summed E-state index contributed by atoms with van der Waals surface area (Å²) in [5, 5.41) is 11.1. The summed E-state index contributed by atoms with van der Waals surface area (Å²) in [6, 6.07) is 3.73. The number of likely N-dealkylation sites (tertiary alicyclic amines) is 1. The van der Waals surface area contributed by atoms with E-state index >= 15 is 0 Å². The van der Waals surface area contributed by atoms with Crippen molar-refractivity contribution in [2.75, 3.05) is 26.2 Å². The summed E-state index contributed by atoms with van der Waals surface area (Å²) in [5.41, 5.74) is 7.47. The summed E-state index contributed by atoms with van der Waals surface area (Å²) in [6.45, 7) is 5.91. The molecule has 2 aliphatic heterocycles. The minimum Gasteiger partial charge on any atom is -0.366 e. The second-order valence-electron chi connectivity index (χ2n) is 8.47. The number of nitrogens with two attached hydrogens (primary N) is 1. The maximum atomic E-state index is 12.8. The summed E-state index contributed by atoms with van der Waals surface area (Å²) in [4.78, 5) is 26.6. The number of hydrogen-bond acceptors (Lipinski definition) is 4. The van der Waals surface area contributed by atoms with Crippen molar-refractivity contribution in [1.29, 1.82) is 0 Å². The summed E-state index contributed by atoms with van der Waals surface area (Å²) in [7, 11) is 0. The molecule has 0 aliphatic carbocycles. The predicted octanol–water partition coefficient (Wildman–Crippen LogP) is 2.21. The number of nitrogens with one attached hydrogen (secondary N) is 2. The smallest absolute Gasteiger partial charge is 0.250 e. The zero-order valence-electron chi connectivity index (χ0n) is 17.0. The third kappa shape index (κ3) is 4.29. The average Bonchev–Trinajstić information content (AvgIpc) is 3.22. The molecule has 7 nitrogen and oxygen atoms in total. The van der Waals surface area contributed by atoms with Crippen LogP contribution in [-0.2, 0) is 4.79 Å². The Bertz CT molecular complexity index is 878. The van der Waals surface area contributed by atoms with Gasteiger partial charge in [-0.05, 0) is 74.2 Å². The number of amides is 2. The van der Waals surface area contributed by atoms with Gasteiger partial charge in [-0.3, -0.25) is 14.7 Å². The van der Waals surface area contributed by atoms with E-state index in [1.807, 2.05) is 17.9 Å². The van der Waals surface area contributed by atoms with E-state index in [1.54, 1.807) is 18.7 Å². The molecule has 2 saturated heterocycles. The molecule has 1 unspecified atom stereocenters. The summed E-state index contributed by atoms with van der Waals surface area (Å²) >= 11 is 0. The molecule has 1 atom stereocenters. The number of nitrogens with zero attached hydrogens (tertiary/aromatic N) is 2. The van der Waals surface area contributed by atoms with Gasteiger partial charge in [0.15, 0.2) is 0 Å². The zero-order valence-corrected chi connectivity index (χ0v) is 17.0. The first-order valence-electron chi connectivity index (χ1n) is 10.6. The van der Waals surface area contributed by atoms with E-state index in [1.165, 1.54) is 12.8 Å². The molecule has 7 heteroatoms. The van der Waals surface area contributed by atoms with Crippen molar-refractivity contribution >= 4 is 22.7 Å². The van der Waals surface area contributed by atoms with Crippen LogP contribution in [0.25, 0.3) is 10.9 Å². The van der Waals surface area contributed by atoms with Crippen LogP contribution in [0.4, 0.5) is 0 Å². The Kier molecular flexibility index (Phi) is 5.85. The molecule has 2 aliphatic rings. The fourth-order valence-corrected chi connectivity index (χ4v) is 4.86. The Morgan fingerprint density at radius 1 is 1.17 bits per heavy atom. The van der Waals surface area contributed by atoms with E-state index in [0.29, 0.717) is 11.1 Å². The number of carbonyl (C=O) groups is 2. The highest BCUT2D eigenvalue weighted by molar-refractivity contribution is 6.05. The Morgan fingerprint density at radius 3 is 2.55 bits per heavy atom. The molecule has 1 aromatic heterocycles. The standard InChI is InChI=1S/C22H30N5O2/c1-14(17-11-18-13-25-26-21(18)19(12-17)22(23)29)10-20(28)27-8-4-16(5-9-27)15-2-6-24-7-3-15/h10-16,24H,2-9H2,1H3,(H2,23,29)(H,25,26). The molecule has 4 N–H and O–H groups in total. The van der Waals surface area contributed by atoms with Gasteiger partial charge in [-0.25, -0.2) is 0 Å². The maximum Gasteiger partial charge on any atom is 0.250 e. The van der Waals surface area contributed by atoms with E-state index in [9.17, 15) is 9.59 Å². The van der Waals surface area contributed by atoms with Gasteiger partial charge in [-0.15, -0.1) is 0 Å². The number of primary amides is 1. The molecule has 0 saturated carbocycles. The summed E-state index contributed by atoms with van der Waals surface area (Å²) in [5.74, 6) is 1.03. The lowest BCUT2D eigenvalue weighted by Crippen LogP contribution is -2.42. The third-order valence-electron chi connectivity index (χ3n) is 6.66. The van der Waals surface area contributed by atoms with Crippen LogP contribution in [0.1, 0.15) is 54.4 Å². The predicted molar refractivity (Wildman–Crippen MR) is 112 cm³/mol. The SMILES string of the molecule is CC([CH]C(=O)N1CCC(C2CCNCC2)CC1)c1cc(C(N)=O)c2[nH]ncc2c1. The molecule has 155 valence electrons. The van der Waals surface area contributed by atoms with Gasteiger partial charge in [-0.1, -0.05) is 6.92 Å². The van der Waals surface area contributed by atoms with Crippen molar-refractivity contribution in [3.8, 4) is 0 Å². The van der Waals surface area contributed by atoms with Crippen molar-refractivity contribution in [2.24, 2.45) is 17.6 Å². The first kappa shape index (κ1) is 19.9. The first-order chi connectivity index (χ1) is 14.0. The van der Waals surface area contributed by atoms with Crippen LogP contribution in [0.15, 0.2) is 18.3 Å². The van der Waals surface area contributed by atoms with E-state index in [-0.39, 0.29) is 11.8 Å². The Balaban J connectivity index is 1.37. The average molecular weight is 397 g/mol. The highest BCUT2D eigenvalue weighted by atomic mass is 16.2. The first-order valence-corrected chi connectivity index (χ1v) is 10.6. The molecular formula is C22H30N5O2. The number of benzene rings is 1. The number of carbonyl (C=O) groups excluding carboxylic acids is 2. The van der Waals surface area contributed by atoms with Gasteiger partial charge in [0, 0.05) is 18.5 Å². The quantitative estimate of drug-likeness (QED) is 0.721. The molecule has 0 spiro atoms. The number of hydrogen-bond donors (Lipinski definition) is 3. The Morgan fingerprint density at radius 2 is 1.86 bits per heavy atom. The largest absolute Gasteiger partial charge is 0.366 e. The van der Waals surface area contributed by atoms with Crippen LogP contribution in [0, 0.1) is 18.3 Å². The maximum absolute atomic E-state index is 12.8. The number of H-pyrrole nitrogens is 1. The number of aromatic nitrogens is 2. The lowest BCUT2D eigenvalue weighted by molar-refractivity contribution is -0.129. The van der Waals surface area contributed by atoms with Crippen molar-refractivity contribution in [3.63, 3.8) is 0 Å². The zero-order chi connectivity index (χ0) is 20.4. The second-order valence-corrected chi connectivity index (χ2v) is 8.47. The molecule has 3 heterocycles.